The fourth-order valence-corrected chi connectivity index (χ4v) is 4.55. The van der Waals surface area contributed by atoms with Crippen LogP contribution in [0.5, 0.6) is 0 Å². The van der Waals surface area contributed by atoms with Gasteiger partial charge in [-0.2, -0.15) is 0 Å². The average Bonchev–Trinajstić information content (AvgIpc) is 3.39. The number of benzene rings is 1. The lowest BCUT2D eigenvalue weighted by atomic mass is 10.0. The van der Waals surface area contributed by atoms with Crippen molar-refractivity contribution in [2.75, 3.05) is 32.8 Å². The van der Waals surface area contributed by atoms with E-state index in [0.29, 0.717) is 37.7 Å². The van der Waals surface area contributed by atoms with Crippen LogP contribution >= 0.6 is 11.3 Å². The molecular formula is C23H26N4O4S. The molecule has 0 radical (unpaired) electrons. The van der Waals surface area contributed by atoms with Crippen LogP contribution in [0.4, 0.5) is 4.79 Å². The van der Waals surface area contributed by atoms with Crippen LogP contribution in [-0.2, 0) is 16.1 Å². The molecule has 2 aliphatic rings. The Morgan fingerprint density at radius 3 is 2.19 bits per heavy atom. The highest BCUT2D eigenvalue weighted by Crippen LogP contribution is 2.20. The van der Waals surface area contributed by atoms with E-state index < -0.39 is 17.8 Å². The summed E-state index contributed by atoms with van der Waals surface area (Å²) >= 11 is 1.43. The lowest BCUT2D eigenvalue weighted by Crippen LogP contribution is -2.52. The third kappa shape index (κ3) is 4.44. The van der Waals surface area contributed by atoms with E-state index in [4.69, 9.17) is 0 Å². The molecule has 2 saturated heterocycles. The summed E-state index contributed by atoms with van der Waals surface area (Å²) < 4.78 is 0. The maximum absolute atomic E-state index is 12.8. The predicted molar refractivity (Wildman–Crippen MR) is 120 cm³/mol. The van der Waals surface area contributed by atoms with E-state index in [2.05, 4.69) is 13.8 Å². The first-order valence-electron chi connectivity index (χ1n) is 10.7. The smallest absolute Gasteiger partial charge is 0.335 e. The molecular weight excluding hydrogens is 428 g/mol. The number of carbonyl (C=O) groups excluding carboxylic acids is 4. The molecule has 0 saturated carbocycles. The van der Waals surface area contributed by atoms with Crippen LogP contribution < -0.4 is 0 Å². The highest BCUT2D eigenvalue weighted by molar-refractivity contribution is 7.09. The van der Waals surface area contributed by atoms with Gasteiger partial charge in [-0.1, -0.05) is 32.0 Å². The summed E-state index contributed by atoms with van der Waals surface area (Å²) in [6, 6.07) is 10.8. The number of carbonyl (C=O) groups is 4. The molecule has 0 bridgehead atoms. The second-order valence-corrected chi connectivity index (χ2v) is 9.35. The average molecular weight is 455 g/mol. The van der Waals surface area contributed by atoms with E-state index in [9.17, 15) is 19.2 Å². The molecule has 1 aromatic carbocycles. The van der Waals surface area contributed by atoms with Crippen molar-refractivity contribution in [3.05, 3.63) is 57.8 Å². The summed E-state index contributed by atoms with van der Waals surface area (Å²) in [5.74, 6) is -1.20. The summed E-state index contributed by atoms with van der Waals surface area (Å²) in [6.45, 7) is 6.41. The van der Waals surface area contributed by atoms with Crippen LogP contribution in [0.1, 0.15) is 40.6 Å². The standard InChI is InChI=1S/C23H26N4O4S/c1-16(2)17-5-7-18(8-6-17)20(28)25-11-9-24(10-12-25)15-27-22(30)21(29)26(23(27)31)14-19-4-3-13-32-19/h3-8,13,16H,9-12,14-15H2,1-2H3. The zero-order valence-corrected chi connectivity index (χ0v) is 19.0. The molecule has 0 atom stereocenters. The van der Waals surface area contributed by atoms with Gasteiger partial charge in [0.15, 0.2) is 0 Å². The van der Waals surface area contributed by atoms with Gasteiger partial charge in [0.1, 0.15) is 0 Å². The summed E-state index contributed by atoms with van der Waals surface area (Å²) in [4.78, 5) is 56.7. The molecule has 3 heterocycles. The third-order valence-corrected chi connectivity index (χ3v) is 6.72. The fraction of sp³-hybridized carbons (Fsp3) is 0.391. The molecule has 2 fully saturated rings. The van der Waals surface area contributed by atoms with Gasteiger partial charge in [0.05, 0.1) is 13.2 Å². The van der Waals surface area contributed by atoms with Crippen molar-refractivity contribution in [1.29, 1.82) is 0 Å². The van der Waals surface area contributed by atoms with Crippen LogP contribution in [0.15, 0.2) is 41.8 Å². The normalized spacial score (nSPS) is 17.7. The van der Waals surface area contributed by atoms with Gasteiger partial charge in [-0.25, -0.2) is 9.69 Å². The van der Waals surface area contributed by atoms with Crippen LogP contribution in [0.3, 0.4) is 0 Å². The number of rotatable bonds is 6. The topological polar surface area (TPSA) is 81.2 Å². The number of hydrogen-bond acceptors (Lipinski definition) is 6. The maximum atomic E-state index is 12.8. The Hall–Kier alpha value is -3.04. The van der Waals surface area contributed by atoms with E-state index >= 15 is 0 Å². The molecule has 8 nitrogen and oxygen atoms in total. The van der Waals surface area contributed by atoms with E-state index in [0.717, 1.165) is 14.7 Å². The number of piperazine rings is 1. The van der Waals surface area contributed by atoms with Crippen LogP contribution in [0.25, 0.3) is 0 Å². The van der Waals surface area contributed by atoms with Gasteiger partial charge in [-0.15, -0.1) is 11.3 Å². The van der Waals surface area contributed by atoms with Crippen molar-refractivity contribution in [3.8, 4) is 0 Å². The maximum Gasteiger partial charge on any atom is 0.335 e. The monoisotopic (exact) mass is 454 g/mol. The summed E-state index contributed by atoms with van der Waals surface area (Å²) in [5, 5.41) is 1.86. The van der Waals surface area contributed by atoms with E-state index in [-0.39, 0.29) is 19.1 Å². The first-order chi connectivity index (χ1) is 15.3. The molecule has 1 aromatic heterocycles. The zero-order valence-electron chi connectivity index (χ0n) is 18.2. The molecule has 5 amide bonds. The first-order valence-corrected chi connectivity index (χ1v) is 11.5. The van der Waals surface area contributed by atoms with Crippen molar-refractivity contribution in [2.24, 2.45) is 0 Å². The van der Waals surface area contributed by atoms with Gasteiger partial charge in [0, 0.05) is 36.6 Å². The second kappa shape index (κ2) is 9.22. The molecule has 0 N–H and O–H groups in total. The van der Waals surface area contributed by atoms with Crippen molar-refractivity contribution in [2.45, 2.75) is 26.3 Å². The van der Waals surface area contributed by atoms with Crippen LogP contribution in [-0.4, -0.2) is 76.2 Å². The largest absolute Gasteiger partial charge is 0.336 e. The molecule has 4 rings (SSSR count). The Kier molecular flexibility index (Phi) is 6.38. The second-order valence-electron chi connectivity index (χ2n) is 8.31. The Morgan fingerprint density at radius 2 is 1.59 bits per heavy atom. The Morgan fingerprint density at radius 1 is 0.938 bits per heavy atom. The van der Waals surface area contributed by atoms with E-state index in [1.165, 1.54) is 16.9 Å². The minimum absolute atomic E-state index is 0.0226. The number of urea groups is 1. The van der Waals surface area contributed by atoms with E-state index in [1.807, 2.05) is 46.7 Å². The lowest BCUT2D eigenvalue weighted by Gasteiger charge is -2.36. The fourth-order valence-electron chi connectivity index (χ4n) is 3.86. The lowest BCUT2D eigenvalue weighted by molar-refractivity contribution is -0.144. The summed E-state index contributed by atoms with van der Waals surface area (Å²) in [5.41, 5.74) is 1.84. The molecule has 0 unspecified atom stereocenters. The number of thiophene rings is 1. The van der Waals surface area contributed by atoms with Crippen LogP contribution in [0, 0.1) is 0 Å². The van der Waals surface area contributed by atoms with Crippen molar-refractivity contribution < 1.29 is 19.2 Å². The van der Waals surface area contributed by atoms with Crippen molar-refractivity contribution >= 4 is 35.1 Å². The van der Waals surface area contributed by atoms with E-state index in [1.54, 1.807) is 4.90 Å². The number of amides is 5. The molecule has 9 heteroatoms. The van der Waals surface area contributed by atoms with Crippen molar-refractivity contribution in [3.63, 3.8) is 0 Å². The first kappa shape index (κ1) is 22.2. The van der Waals surface area contributed by atoms with Gasteiger partial charge >= 0.3 is 17.8 Å². The van der Waals surface area contributed by atoms with Crippen LogP contribution in [0.2, 0.25) is 0 Å². The number of imide groups is 2. The summed E-state index contributed by atoms with van der Waals surface area (Å²) in [6.07, 6.45) is 0. The van der Waals surface area contributed by atoms with Gasteiger partial charge < -0.3 is 4.90 Å². The molecule has 2 aromatic rings. The predicted octanol–water partition coefficient (Wildman–Crippen LogP) is 2.58. The van der Waals surface area contributed by atoms with Gasteiger partial charge in [-0.3, -0.25) is 24.2 Å². The highest BCUT2D eigenvalue weighted by Gasteiger charge is 2.45. The number of hydrogen-bond donors (Lipinski definition) is 0. The van der Waals surface area contributed by atoms with Gasteiger partial charge in [-0.05, 0) is 35.1 Å². The Labute approximate surface area is 191 Å². The zero-order chi connectivity index (χ0) is 22.8. The third-order valence-electron chi connectivity index (χ3n) is 5.85. The van der Waals surface area contributed by atoms with Crippen molar-refractivity contribution in [1.82, 2.24) is 19.6 Å². The Balaban J connectivity index is 1.32. The molecule has 2 aliphatic heterocycles. The molecule has 32 heavy (non-hydrogen) atoms. The highest BCUT2D eigenvalue weighted by atomic mass is 32.1. The molecule has 168 valence electrons. The molecule has 0 spiro atoms. The molecule has 0 aliphatic carbocycles. The minimum atomic E-state index is -0.796. The minimum Gasteiger partial charge on any atom is -0.336 e. The van der Waals surface area contributed by atoms with Gasteiger partial charge in [0.25, 0.3) is 5.91 Å². The summed E-state index contributed by atoms with van der Waals surface area (Å²) in [7, 11) is 0. The number of nitrogens with zero attached hydrogens (tertiary/aromatic N) is 4. The van der Waals surface area contributed by atoms with Gasteiger partial charge in [0.2, 0.25) is 0 Å². The Bertz CT molecular complexity index is 1010. The SMILES string of the molecule is CC(C)c1ccc(C(=O)N2CCN(CN3C(=O)C(=O)N(Cc4cccs4)C3=O)CC2)cc1. The quantitative estimate of drug-likeness (QED) is 0.495.